The van der Waals surface area contributed by atoms with Crippen molar-refractivity contribution < 1.29 is 13.6 Å². The fourth-order valence-electron chi connectivity index (χ4n) is 6.17. The Hall–Kier alpha value is -2.97. The van der Waals surface area contributed by atoms with Crippen molar-refractivity contribution in [3.8, 4) is 11.1 Å². The highest BCUT2D eigenvalue weighted by molar-refractivity contribution is 6.02. The number of ketones is 1. The Morgan fingerprint density at radius 3 is 2.02 bits per heavy atom. The van der Waals surface area contributed by atoms with Crippen LogP contribution in [0.3, 0.4) is 0 Å². The Bertz CT molecular complexity index is 1270. The van der Waals surface area contributed by atoms with Crippen LogP contribution in [0.4, 0.5) is 8.78 Å². The minimum absolute atomic E-state index is 0.152. The Labute approximate surface area is 243 Å². The van der Waals surface area contributed by atoms with Crippen LogP contribution in [0.15, 0.2) is 72.8 Å². The van der Waals surface area contributed by atoms with E-state index in [0.29, 0.717) is 24.6 Å². The highest BCUT2D eigenvalue weighted by Gasteiger charge is 2.29. The summed E-state index contributed by atoms with van der Waals surface area (Å²) in [7, 11) is 0. The molecule has 1 unspecified atom stereocenters. The molecular weight excluding hydrogens is 518 g/mol. The standard InChI is InChI=1S/C34H42F2N4O/c1-26(2)39-21-23-40(24-22-39)32(28-11-13-29(35)14-12-28)25-38-19-17-37(18-20-38)16-15-33(41)34-30(9-6-10-31(34)36)27-7-4-3-5-8-27/h3-14,26,32H,15-25H2,1-2H3. The lowest BCUT2D eigenvalue weighted by atomic mass is 9.95. The third-order valence-corrected chi connectivity index (χ3v) is 8.70. The van der Waals surface area contributed by atoms with Crippen molar-refractivity contribution in [2.75, 3.05) is 65.4 Å². The first-order valence-electron chi connectivity index (χ1n) is 14.9. The van der Waals surface area contributed by atoms with Crippen LogP contribution >= 0.6 is 0 Å². The minimum Gasteiger partial charge on any atom is -0.300 e. The summed E-state index contributed by atoms with van der Waals surface area (Å²) >= 11 is 0. The van der Waals surface area contributed by atoms with Gasteiger partial charge in [-0.25, -0.2) is 8.78 Å². The lowest BCUT2D eigenvalue weighted by Gasteiger charge is -2.43. The van der Waals surface area contributed by atoms with Gasteiger partial charge < -0.3 is 4.90 Å². The normalized spacial score (nSPS) is 18.6. The van der Waals surface area contributed by atoms with Crippen LogP contribution in [0.1, 0.15) is 42.2 Å². The number of carbonyl (C=O) groups excluding carboxylic acids is 1. The smallest absolute Gasteiger partial charge is 0.167 e. The number of hydrogen-bond donors (Lipinski definition) is 0. The van der Waals surface area contributed by atoms with Crippen molar-refractivity contribution in [3.63, 3.8) is 0 Å². The van der Waals surface area contributed by atoms with Crippen LogP contribution < -0.4 is 0 Å². The molecule has 41 heavy (non-hydrogen) atoms. The molecule has 0 N–H and O–H groups in total. The molecule has 1 atom stereocenters. The molecule has 218 valence electrons. The maximum absolute atomic E-state index is 14.8. The molecule has 0 radical (unpaired) electrons. The van der Waals surface area contributed by atoms with Gasteiger partial charge in [-0.3, -0.25) is 19.5 Å². The van der Waals surface area contributed by atoms with Crippen LogP contribution in [0.2, 0.25) is 0 Å². The van der Waals surface area contributed by atoms with E-state index in [1.165, 1.54) is 6.07 Å². The number of carbonyl (C=O) groups is 1. The first-order chi connectivity index (χ1) is 19.9. The second-order valence-corrected chi connectivity index (χ2v) is 11.6. The zero-order chi connectivity index (χ0) is 28.8. The number of nitrogens with zero attached hydrogens (tertiary/aromatic N) is 4. The van der Waals surface area contributed by atoms with Crippen molar-refractivity contribution in [1.29, 1.82) is 0 Å². The number of hydrogen-bond acceptors (Lipinski definition) is 5. The summed E-state index contributed by atoms with van der Waals surface area (Å²) in [6, 6.07) is 22.2. The molecule has 0 saturated carbocycles. The summed E-state index contributed by atoms with van der Waals surface area (Å²) in [5.41, 5.74) is 2.86. The molecule has 5 rings (SSSR count). The van der Waals surface area contributed by atoms with Gasteiger partial charge in [-0.1, -0.05) is 54.6 Å². The third kappa shape index (κ3) is 7.46. The van der Waals surface area contributed by atoms with E-state index in [1.54, 1.807) is 18.2 Å². The maximum Gasteiger partial charge on any atom is 0.167 e. The average molecular weight is 561 g/mol. The summed E-state index contributed by atoms with van der Waals surface area (Å²) in [5, 5.41) is 0. The molecule has 0 amide bonds. The van der Waals surface area contributed by atoms with E-state index >= 15 is 0 Å². The van der Waals surface area contributed by atoms with Gasteiger partial charge in [0.1, 0.15) is 11.6 Å². The summed E-state index contributed by atoms with van der Waals surface area (Å²) < 4.78 is 28.6. The first kappa shape index (κ1) is 29.5. The van der Waals surface area contributed by atoms with Gasteiger partial charge in [-0.05, 0) is 48.7 Å². The number of rotatable bonds is 10. The van der Waals surface area contributed by atoms with E-state index in [4.69, 9.17) is 0 Å². The largest absolute Gasteiger partial charge is 0.300 e. The van der Waals surface area contributed by atoms with Gasteiger partial charge in [-0.2, -0.15) is 0 Å². The highest BCUT2D eigenvalue weighted by Crippen LogP contribution is 2.28. The van der Waals surface area contributed by atoms with E-state index < -0.39 is 5.82 Å². The van der Waals surface area contributed by atoms with Gasteiger partial charge in [-0.15, -0.1) is 0 Å². The van der Waals surface area contributed by atoms with Gasteiger partial charge in [0.05, 0.1) is 5.56 Å². The number of benzene rings is 3. The summed E-state index contributed by atoms with van der Waals surface area (Å²) in [4.78, 5) is 23.1. The summed E-state index contributed by atoms with van der Waals surface area (Å²) in [5.74, 6) is -0.810. The fraction of sp³-hybridized carbons (Fsp3) is 0.441. The monoisotopic (exact) mass is 560 g/mol. The van der Waals surface area contributed by atoms with E-state index in [0.717, 1.165) is 70.0 Å². The van der Waals surface area contributed by atoms with E-state index in [2.05, 4.69) is 33.4 Å². The number of piperazine rings is 2. The van der Waals surface area contributed by atoms with E-state index in [-0.39, 0.29) is 23.2 Å². The van der Waals surface area contributed by atoms with Crippen LogP contribution in [0, 0.1) is 11.6 Å². The first-order valence-corrected chi connectivity index (χ1v) is 14.9. The zero-order valence-electron chi connectivity index (χ0n) is 24.3. The molecule has 2 fully saturated rings. The molecule has 7 heteroatoms. The molecule has 2 aliphatic rings. The van der Waals surface area contributed by atoms with Gasteiger partial charge in [0, 0.05) is 84.0 Å². The summed E-state index contributed by atoms with van der Waals surface area (Å²) in [6.45, 7) is 13.7. The summed E-state index contributed by atoms with van der Waals surface area (Å²) in [6.07, 6.45) is 0.291. The van der Waals surface area contributed by atoms with Gasteiger partial charge in [0.2, 0.25) is 0 Å². The van der Waals surface area contributed by atoms with Gasteiger partial charge >= 0.3 is 0 Å². The van der Waals surface area contributed by atoms with Crippen molar-refractivity contribution in [2.45, 2.75) is 32.4 Å². The second-order valence-electron chi connectivity index (χ2n) is 11.6. The minimum atomic E-state index is -0.456. The topological polar surface area (TPSA) is 30.0 Å². The second kappa shape index (κ2) is 13.8. The predicted molar refractivity (Wildman–Crippen MR) is 161 cm³/mol. The molecule has 0 spiro atoms. The van der Waals surface area contributed by atoms with Crippen LogP contribution in [-0.4, -0.2) is 96.9 Å². The zero-order valence-corrected chi connectivity index (χ0v) is 24.3. The van der Waals surface area contributed by atoms with Crippen molar-refractivity contribution in [3.05, 3.63) is 95.6 Å². The molecule has 0 aliphatic carbocycles. The Morgan fingerprint density at radius 1 is 0.732 bits per heavy atom. The highest BCUT2D eigenvalue weighted by atomic mass is 19.1. The van der Waals surface area contributed by atoms with Crippen LogP contribution in [0.25, 0.3) is 11.1 Å². The Balaban J connectivity index is 1.17. The van der Waals surface area contributed by atoms with E-state index in [9.17, 15) is 13.6 Å². The molecule has 2 saturated heterocycles. The predicted octanol–water partition coefficient (Wildman–Crippen LogP) is 5.59. The molecule has 2 aliphatic heterocycles. The van der Waals surface area contributed by atoms with Crippen molar-refractivity contribution in [2.24, 2.45) is 0 Å². The van der Waals surface area contributed by atoms with E-state index in [1.807, 2.05) is 48.5 Å². The third-order valence-electron chi connectivity index (χ3n) is 8.70. The molecule has 0 aromatic heterocycles. The number of Topliss-reactive ketones (excluding diaryl/α,β-unsaturated/α-hetero) is 1. The Kier molecular flexibility index (Phi) is 9.93. The van der Waals surface area contributed by atoms with Gasteiger partial charge in [0.15, 0.2) is 5.78 Å². The number of halogens is 2. The Morgan fingerprint density at radius 2 is 1.37 bits per heavy atom. The molecular formula is C34H42F2N4O. The molecule has 3 aromatic carbocycles. The molecule has 0 bridgehead atoms. The van der Waals surface area contributed by atoms with Crippen LogP contribution in [0.5, 0.6) is 0 Å². The fourth-order valence-corrected chi connectivity index (χ4v) is 6.17. The quantitative estimate of drug-likeness (QED) is 0.302. The lowest BCUT2D eigenvalue weighted by molar-refractivity contribution is 0.0478. The molecule has 2 heterocycles. The van der Waals surface area contributed by atoms with Gasteiger partial charge in [0.25, 0.3) is 0 Å². The van der Waals surface area contributed by atoms with Crippen molar-refractivity contribution >= 4 is 5.78 Å². The maximum atomic E-state index is 14.8. The average Bonchev–Trinajstić information content (AvgIpc) is 3.00. The van der Waals surface area contributed by atoms with Crippen LogP contribution in [-0.2, 0) is 0 Å². The van der Waals surface area contributed by atoms with Crippen molar-refractivity contribution in [1.82, 2.24) is 19.6 Å². The molecule has 5 nitrogen and oxygen atoms in total. The molecule has 3 aromatic rings. The SMILES string of the molecule is CC(C)N1CCN(C(CN2CCN(CCC(=O)c3c(F)cccc3-c3ccccc3)CC2)c2ccc(F)cc2)CC1. The lowest BCUT2D eigenvalue weighted by Crippen LogP contribution is -2.53.